The lowest BCUT2D eigenvalue weighted by molar-refractivity contribution is -0.150. The van der Waals surface area contributed by atoms with Gasteiger partial charge in [0.1, 0.15) is 0 Å². The maximum absolute atomic E-state index is 12.0. The summed E-state index contributed by atoms with van der Waals surface area (Å²) >= 11 is 1.59. The highest BCUT2D eigenvalue weighted by Crippen LogP contribution is 2.28. The fourth-order valence-electron chi connectivity index (χ4n) is 2.88. The predicted molar refractivity (Wildman–Crippen MR) is 87.0 cm³/mol. The zero-order valence-corrected chi connectivity index (χ0v) is 14.2. The van der Waals surface area contributed by atoms with Crippen LogP contribution >= 0.6 is 11.3 Å². The summed E-state index contributed by atoms with van der Waals surface area (Å²) in [5, 5.41) is 6.05. The number of esters is 1. The molecule has 1 saturated heterocycles. The Hall–Kier alpha value is -1.73. The molecule has 0 radical (unpaired) electrons. The number of rotatable bonds is 5. The number of hydrogen-bond acceptors (Lipinski definition) is 7. The van der Waals surface area contributed by atoms with Crippen LogP contribution in [0, 0.1) is 5.92 Å². The van der Waals surface area contributed by atoms with Crippen molar-refractivity contribution in [1.82, 2.24) is 15.0 Å². The highest BCUT2D eigenvalue weighted by Gasteiger charge is 2.31. The van der Waals surface area contributed by atoms with Crippen LogP contribution in [0.25, 0.3) is 10.7 Å². The van der Waals surface area contributed by atoms with E-state index in [4.69, 9.17) is 9.26 Å². The number of nitrogens with zero attached hydrogens (tertiary/aromatic N) is 3. The second kappa shape index (κ2) is 7.23. The molecule has 0 aliphatic carbocycles. The molecule has 7 heteroatoms. The second-order valence-electron chi connectivity index (χ2n) is 5.70. The van der Waals surface area contributed by atoms with Gasteiger partial charge in [0.05, 0.1) is 23.4 Å². The van der Waals surface area contributed by atoms with E-state index in [1.807, 2.05) is 31.4 Å². The van der Waals surface area contributed by atoms with Crippen LogP contribution in [-0.4, -0.2) is 40.7 Å². The number of ether oxygens (including phenoxy) is 1. The molecule has 2 unspecified atom stereocenters. The average molecular weight is 335 g/mol. The molecule has 1 aliphatic heterocycles. The third kappa shape index (κ3) is 3.61. The lowest BCUT2D eigenvalue weighted by atomic mass is 9.97. The first-order chi connectivity index (χ1) is 11.2. The number of carbonyl (C=O) groups excluding carboxylic acids is 1. The molecule has 0 N–H and O–H groups in total. The number of piperidine rings is 1. The maximum Gasteiger partial charge on any atom is 0.310 e. The van der Waals surface area contributed by atoms with E-state index in [1.165, 1.54) is 0 Å². The van der Waals surface area contributed by atoms with Crippen molar-refractivity contribution < 1.29 is 14.1 Å². The van der Waals surface area contributed by atoms with E-state index in [0.717, 1.165) is 24.3 Å². The molecule has 0 spiro atoms. The smallest absolute Gasteiger partial charge is 0.310 e. The van der Waals surface area contributed by atoms with Gasteiger partial charge < -0.3 is 9.26 Å². The van der Waals surface area contributed by atoms with Crippen LogP contribution in [-0.2, 0) is 9.53 Å². The molecule has 6 nitrogen and oxygen atoms in total. The number of likely N-dealkylation sites (tertiary alicyclic amines) is 1. The van der Waals surface area contributed by atoms with Crippen molar-refractivity contribution in [3.05, 3.63) is 23.4 Å². The van der Waals surface area contributed by atoms with Crippen molar-refractivity contribution in [2.75, 3.05) is 19.7 Å². The molecule has 124 valence electrons. The quantitative estimate of drug-likeness (QED) is 0.782. The third-order valence-electron chi connectivity index (χ3n) is 4.16. The SMILES string of the molecule is CCOC(=O)C1CCCN(C(C)c2nc(-c3cccs3)no2)C1. The van der Waals surface area contributed by atoms with Crippen LogP contribution in [0.5, 0.6) is 0 Å². The molecular formula is C16H21N3O3S. The summed E-state index contributed by atoms with van der Waals surface area (Å²) in [6.07, 6.45) is 1.85. The van der Waals surface area contributed by atoms with Gasteiger partial charge in [-0.1, -0.05) is 11.2 Å². The number of thiophene rings is 1. The molecule has 0 saturated carbocycles. The lowest BCUT2D eigenvalue weighted by Gasteiger charge is -2.34. The number of carbonyl (C=O) groups is 1. The Morgan fingerprint density at radius 2 is 2.48 bits per heavy atom. The highest BCUT2D eigenvalue weighted by molar-refractivity contribution is 7.13. The van der Waals surface area contributed by atoms with Crippen LogP contribution in [0.2, 0.25) is 0 Å². The Labute approximate surface area is 139 Å². The molecule has 1 fully saturated rings. The van der Waals surface area contributed by atoms with Gasteiger partial charge in [-0.2, -0.15) is 4.98 Å². The fourth-order valence-corrected chi connectivity index (χ4v) is 3.53. The first kappa shape index (κ1) is 16.1. The van der Waals surface area contributed by atoms with Crippen LogP contribution in [0.4, 0.5) is 0 Å². The van der Waals surface area contributed by atoms with Crippen LogP contribution < -0.4 is 0 Å². The van der Waals surface area contributed by atoms with Gasteiger partial charge in [-0.15, -0.1) is 11.3 Å². The molecule has 2 atom stereocenters. The fraction of sp³-hybridized carbons (Fsp3) is 0.562. The van der Waals surface area contributed by atoms with Crippen molar-refractivity contribution in [2.45, 2.75) is 32.7 Å². The molecule has 0 aromatic carbocycles. The van der Waals surface area contributed by atoms with Crippen molar-refractivity contribution in [2.24, 2.45) is 5.92 Å². The average Bonchev–Trinajstić information content (AvgIpc) is 3.25. The Bertz CT molecular complexity index is 641. The first-order valence-electron chi connectivity index (χ1n) is 7.97. The zero-order chi connectivity index (χ0) is 16.2. The van der Waals surface area contributed by atoms with Gasteiger partial charge in [-0.25, -0.2) is 0 Å². The summed E-state index contributed by atoms with van der Waals surface area (Å²) < 4.78 is 10.6. The van der Waals surface area contributed by atoms with Gasteiger partial charge in [0, 0.05) is 6.54 Å². The van der Waals surface area contributed by atoms with Gasteiger partial charge in [0.15, 0.2) is 0 Å². The summed E-state index contributed by atoms with van der Waals surface area (Å²) in [5.74, 6) is 1.05. The van der Waals surface area contributed by atoms with Crippen LogP contribution in [0.3, 0.4) is 0 Å². The maximum atomic E-state index is 12.0. The molecular weight excluding hydrogens is 314 g/mol. The predicted octanol–water partition coefficient (Wildman–Crippen LogP) is 3.13. The minimum absolute atomic E-state index is 0.00608. The van der Waals surface area contributed by atoms with Crippen molar-refractivity contribution in [3.63, 3.8) is 0 Å². The molecule has 2 aromatic rings. The lowest BCUT2D eigenvalue weighted by Crippen LogP contribution is -2.40. The minimum atomic E-state index is -0.103. The van der Waals surface area contributed by atoms with E-state index in [0.29, 0.717) is 24.9 Å². The van der Waals surface area contributed by atoms with E-state index in [-0.39, 0.29) is 17.9 Å². The molecule has 1 aliphatic rings. The van der Waals surface area contributed by atoms with Gasteiger partial charge in [-0.05, 0) is 44.7 Å². The Morgan fingerprint density at radius 1 is 1.61 bits per heavy atom. The summed E-state index contributed by atoms with van der Waals surface area (Å²) in [5.41, 5.74) is 0. The molecule has 23 heavy (non-hydrogen) atoms. The van der Waals surface area contributed by atoms with Crippen LogP contribution in [0.15, 0.2) is 22.0 Å². The van der Waals surface area contributed by atoms with Gasteiger partial charge in [-0.3, -0.25) is 9.69 Å². The summed E-state index contributed by atoms with van der Waals surface area (Å²) in [6, 6.07) is 3.93. The van der Waals surface area contributed by atoms with E-state index < -0.39 is 0 Å². The van der Waals surface area contributed by atoms with Gasteiger partial charge in [0.2, 0.25) is 11.7 Å². The molecule has 0 bridgehead atoms. The Kier molecular flexibility index (Phi) is 5.07. The topological polar surface area (TPSA) is 68.5 Å². The first-order valence-corrected chi connectivity index (χ1v) is 8.85. The van der Waals surface area contributed by atoms with Crippen LogP contribution in [0.1, 0.15) is 38.6 Å². The number of aromatic nitrogens is 2. The second-order valence-corrected chi connectivity index (χ2v) is 6.64. The van der Waals surface area contributed by atoms with Crippen molar-refractivity contribution in [1.29, 1.82) is 0 Å². The van der Waals surface area contributed by atoms with Crippen molar-refractivity contribution in [3.8, 4) is 10.7 Å². The molecule has 2 aromatic heterocycles. The normalized spacial score (nSPS) is 20.3. The highest BCUT2D eigenvalue weighted by atomic mass is 32.1. The zero-order valence-electron chi connectivity index (χ0n) is 13.4. The van der Waals surface area contributed by atoms with E-state index in [2.05, 4.69) is 15.0 Å². The molecule has 3 rings (SSSR count). The van der Waals surface area contributed by atoms with Crippen molar-refractivity contribution >= 4 is 17.3 Å². The van der Waals surface area contributed by atoms with E-state index in [9.17, 15) is 4.79 Å². The molecule has 3 heterocycles. The van der Waals surface area contributed by atoms with E-state index >= 15 is 0 Å². The molecule has 0 amide bonds. The Balaban J connectivity index is 1.67. The summed E-state index contributed by atoms with van der Waals surface area (Å²) in [4.78, 5) is 19.7. The summed E-state index contributed by atoms with van der Waals surface area (Å²) in [7, 11) is 0. The van der Waals surface area contributed by atoms with Gasteiger partial charge >= 0.3 is 5.97 Å². The minimum Gasteiger partial charge on any atom is -0.466 e. The largest absolute Gasteiger partial charge is 0.466 e. The summed E-state index contributed by atoms with van der Waals surface area (Å²) in [6.45, 7) is 5.91. The van der Waals surface area contributed by atoms with E-state index in [1.54, 1.807) is 11.3 Å². The standard InChI is InChI=1S/C16H21N3O3S/c1-3-21-16(20)12-6-4-8-19(10-12)11(2)15-17-14(18-22-15)13-7-5-9-23-13/h5,7,9,11-12H,3-4,6,8,10H2,1-2H3. The van der Waals surface area contributed by atoms with Gasteiger partial charge in [0.25, 0.3) is 0 Å². The Morgan fingerprint density at radius 3 is 3.22 bits per heavy atom. The monoisotopic (exact) mass is 335 g/mol. The number of hydrogen-bond donors (Lipinski definition) is 0. The third-order valence-corrected chi connectivity index (χ3v) is 5.03.